The first-order valence-corrected chi connectivity index (χ1v) is 8.19. The Morgan fingerprint density at radius 1 is 1.24 bits per heavy atom. The van der Waals surface area contributed by atoms with Crippen LogP contribution in [0.5, 0.6) is 0 Å². The average molecular weight is 357 g/mol. The van der Waals surface area contributed by atoms with Crippen LogP contribution >= 0.6 is 12.4 Å². The van der Waals surface area contributed by atoms with E-state index in [2.05, 4.69) is 29.6 Å². The molecule has 0 saturated heterocycles. The first-order valence-electron chi connectivity index (χ1n) is 8.19. The Balaban J connectivity index is 0.00000225. The molecule has 2 atom stereocenters. The molecule has 2 N–H and O–H groups in total. The number of rotatable bonds is 5. The van der Waals surface area contributed by atoms with E-state index in [-0.39, 0.29) is 24.9 Å². The maximum Gasteiger partial charge on any atom is 0.317 e. The number of nitrogens with one attached hydrogen (secondary N) is 1. The quantitative estimate of drug-likeness (QED) is 0.861. The summed E-state index contributed by atoms with van der Waals surface area (Å²) in [6, 6.07) is 18.5. The van der Waals surface area contributed by atoms with Gasteiger partial charge in [0, 0.05) is 5.92 Å². The molecule has 3 rings (SSSR count). The third-order valence-electron chi connectivity index (χ3n) is 4.70. The maximum absolute atomic E-state index is 10.8. The molecule has 2 aromatic rings. The van der Waals surface area contributed by atoms with Crippen molar-refractivity contribution in [1.82, 2.24) is 5.32 Å². The maximum atomic E-state index is 10.8. The Morgan fingerprint density at radius 3 is 2.68 bits per heavy atom. The Hall–Kier alpha value is -2.35. The van der Waals surface area contributed by atoms with Crippen molar-refractivity contribution >= 4 is 18.4 Å². The van der Waals surface area contributed by atoms with Crippen molar-refractivity contribution in [3.8, 4) is 6.07 Å². The van der Waals surface area contributed by atoms with Crippen LogP contribution in [0, 0.1) is 17.2 Å². The van der Waals surface area contributed by atoms with Gasteiger partial charge in [-0.2, -0.15) is 5.26 Å². The van der Waals surface area contributed by atoms with Crippen LogP contribution in [0.1, 0.15) is 34.6 Å². The van der Waals surface area contributed by atoms with E-state index in [9.17, 15) is 4.79 Å². The summed E-state index contributed by atoms with van der Waals surface area (Å²) in [4.78, 5) is 10.8. The summed E-state index contributed by atoms with van der Waals surface area (Å²) in [6.07, 6.45) is 1.90. The second-order valence-corrected chi connectivity index (χ2v) is 6.24. The Kier molecular flexibility index (Phi) is 6.58. The van der Waals surface area contributed by atoms with Gasteiger partial charge in [-0.3, -0.25) is 4.79 Å². The number of aryl methyl sites for hydroxylation is 1. The molecule has 1 aliphatic rings. The minimum atomic E-state index is -0.832. The normalized spacial score (nSPS) is 18.5. The highest BCUT2D eigenvalue weighted by Gasteiger charge is 2.30. The lowest BCUT2D eigenvalue weighted by molar-refractivity contribution is -0.136. The van der Waals surface area contributed by atoms with Gasteiger partial charge in [-0.05, 0) is 54.1 Å². The lowest BCUT2D eigenvalue weighted by Gasteiger charge is -2.34. The van der Waals surface area contributed by atoms with Crippen molar-refractivity contribution in [3.63, 3.8) is 0 Å². The van der Waals surface area contributed by atoms with Gasteiger partial charge in [0.15, 0.2) is 0 Å². The zero-order valence-electron chi connectivity index (χ0n) is 13.8. The molecule has 0 heterocycles. The number of nitriles is 1. The molecular weight excluding hydrogens is 336 g/mol. The van der Waals surface area contributed by atoms with Gasteiger partial charge in [-0.1, -0.05) is 36.4 Å². The van der Waals surface area contributed by atoms with E-state index in [1.54, 1.807) is 0 Å². The molecule has 0 spiro atoms. The van der Waals surface area contributed by atoms with Crippen LogP contribution in [0.25, 0.3) is 0 Å². The van der Waals surface area contributed by atoms with E-state index in [0.717, 1.165) is 12.8 Å². The lowest BCUT2D eigenvalue weighted by atomic mass is 9.71. The lowest BCUT2D eigenvalue weighted by Crippen LogP contribution is -2.34. The van der Waals surface area contributed by atoms with Crippen molar-refractivity contribution in [2.24, 2.45) is 5.92 Å². The van der Waals surface area contributed by atoms with E-state index in [1.807, 2.05) is 30.3 Å². The predicted octanol–water partition coefficient (Wildman–Crippen LogP) is 3.35. The number of fused-ring (bicyclic) bond motifs is 1. The summed E-state index contributed by atoms with van der Waals surface area (Å²) in [6.45, 7) is 0.656. The minimum Gasteiger partial charge on any atom is -0.480 e. The van der Waals surface area contributed by atoms with Crippen molar-refractivity contribution in [2.45, 2.75) is 18.8 Å². The number of nitrogens with zero attached hydrogens (tertiary/aromatic N) is 1. The first-order chi connectivity index (χ1) is 11.7. The molecule has 25 heavy (non-hydrogen) atoms. The summed E-state index contributed by atoms with van der Waals surface area (Å²) in [5, 5.41) is 21.0. The highest BCUT2D eigenvalue weighted by Crippen LogP contribution is 2.40. The summed E-state index contributed by atoms with van der Waals surface area (Å²) >= 11 is 0. The predicted molar refractivity (Wildman–Crippen MR) is 99.0 cm³/mol. The Labute approximate surface area is 153 Å². The number of halogens is 1. The van der Waals surface area contributed by atoms with Crippen LogP contribution in [0.15, 0.2) is 48.5 Å². The number of hydrogen-bond acceptors (Lipinski definition) is 3. The first kappa shape index (κ1) is 19.0. The molecule has 0 bridgehead atoms. The molecular formula is C20H21ClN2O2. The van der Waals surface area contributed by atoms with Crippen LogP contribution in [-0.4, -0.2) is 24.2 Å². The van der Waals surface area contributed by atoms with Crippen molar-refractivity contribution in [1.29, 1.82) is 5.26 Å². The molecule has 2 aromatic carbocycles. The largest absolute Gasteiger partial charge is 0.480 e. The molecule has 2 unspecified atom stereocenters. The third-order valence-corrected chi connectivity index (χ3v) is 4.70. The number of aliphatic carboxylic acids is 1. The summed E-state index contributed by atoms with van der Waals surface area (Å²) < 4.78 is 0. The van der Waals surface area contributed by atoms with E-state index < -0.39 is 5.97 Å². The van der Waals surface area contributed by atoms with Gasteiger partial charge in [0.1, 0.15) is 0 Å². The third kappa shape index (κ3) is 4.39. The van der Waals surface area contributed by atoms with E-state index in [4.69, 9.17) is 10.4 Å². The average Bonchev–Trinajstić information content (AvgIpc) is 2.61. The molecule has 5 heteroatoms. The van der Waals surface area contributed by atoms with Gasteiger partial charge >= 0.3 is 5.97 Å². The molecule has 0 amide bonds. The number of carbonyl (C=O) groups is 1. The van der Waals surface area contributed by atoms with E-state index in [0.29, 0.717) is 18.0 Å². The fourth-order valence-electron chi connectivity index (χ4n) is 3.65. The molecule has 0 aromatic heterocycles. The van der Waals surface area contributed by atoms with Crippen LogP contribution in [-0.2, 0) is 11.2 Å². The van der Waals surface area contributed by atoms with E-state index >= 15 is 0 Å². The van der Waals surface area contributed by atoms with Gasteiger partial charge in [0.05, 0.1) is 18.2 Å². The van der Waals surface area contributed by atoms with Gasteiger partial charge in [-0.15, -0.1) is 12.4 Å². The molecule has 130 valence electrons. The highest BCUT2D eigenvalue weighted by atomic mass is 35.5. The van der Waals surface area contributed by atoms with Crippen LogP contribution in [0.3, 0.4) is 0 Å². The molecule has 0 fully saturated rings. The monoisotopic (exact) mass is 356 g/mol. The van der Waals surface area contributed by atoms with E-state index in [1.165, 1.54) is 16.7 Å². The molecule has 0 radical (unpaired) electrons. The topological polar surface area (TPSA) is 73.1 Å². The number of carboxylic acids is 1. The number of hydrogen-bond donors (Lipinski definition) is 2. The summed E-state index contributed by atoms with van der Waals surface area (Å²) in [7, 11) is 0. The van der Waals surface area contributed by atoms with Gasteiger partial charge in [0.25, 0.3) is 0 Å². The SMILES string of the molecule is Cl.N#Cc1ccc2c(c1)CCC(CNCC(=O)O)C2c1ccccc1. The Morgan fingerprint density at radius 2 is 2.00 bits per heavy atom. The van der Waals surface area contributed by atoms with Gasteiger partial charge in [0.2, 0.25) is 0 Å². The van der Waals surface area contributed by atoms with Crippen molar-refractivity contribution in [2.75, 3.05) is 13.1 Å². The highest BCUT2D eigenvalue weighted by molar-refractivity contribution is 5.85. The molecule has 1 aliphatic carbocycles. The van der Waals surface area contributed by atoms with Gasteiger partial charge < -0.3 is 10.4 Å². The molecule has 4 nitrogen and oxygen atoms in total. The Bertz CT molecular complexity index is 771. The fourth-order valence-corrected chi connectivity index (χ4v) is 3.65. The minimum absolute atomic E-state index is 0. The van der Waals surface area contributed by atoms with Gasteiger partial charge in [-0.25, -0.2) is 0 Å². The smallest absolute Gasteiger partial charge is 0.317 e. The standard InChI is InChI=1S/C20H20N2O2.ClH/c21-11-14-6-9-18-16(10-14)7-8-17(12-22-13-19(23)24)20(18)15-4-2-1-3-5-15;/h1-6,9-10,17,20,22H,7-8,12-13H2,(H,23,24);1H. The van der Waals surface area contributed by atoms with Crippen LogP contribution in [0.4, 0.5) is 0 Å². The van der Waals surface area contributed by atoms with Crippen molar-refractivity contribution < 1.29 is 9.90 Å². The zero-order valence-corrected chi connectivity index (χ0v) is 14.6. The zero-order chi connectivity index (χ0) is 16.9. The summed E-state index contributed by atoms with van der Waals surface area (Å²) in [5.74, 6) is -0.266. The van der Waals surface area contributed by atoms with Crippen LogP contribution < -0.4 is 5.32 Å². The number of carboxylic acid groups (broad SMARTS) is 1. The second-order valence-electron chi connectivity index (χ2n) is 6.24. The van der Waals surface area contributed by atoms with Crippen molar-refractivity contribution in [3.05, 3.63) is 70.8 Å². The number of benzene rings is 2. The summed E-state index contributed by atoms with van der Waals surface area (Å²) in [5.41, 5.74) is 4.43. The molecule has 0 saturated carbocycles. The molecule has 0 aliphatic heterocycles. The second kappa shape index (κ2) is 8.66. The van der Waals surface area contributed by atoms with Crippen LogP contribution in [0.2, 0.25) is 0 Å². The fraction of sp³-hybridized carbons (Fsp3) is 0.300.